The number of rotatable bonds is 2. The Morgan fingerprint density at radius 3 is 1.80 bits per heavy atom. The van der Waals surface area contributed by atoms with Crippen molar-refractivity contribution in [1.29, 1.82) is 0 Å². The topological polar surface area (TPSA) is 35.2 Å². The van der Waals surface area contributed by atoms with Crippen molar-refractivity contribution < 1.29 is 4.74 Å². The highest BCUT2D eigenvalue weighted by Gasteiger charge is 2.25. The van der Waals surface area contributed by atoms with Crippen LogP contribution in [-0.2, 0) is 4.74 Å². The van der Waals surface area contributed by atoms with Gasteiger partial charge in [0.05, 0.1) is 6.10 Å². The van der Waals surface area contributed by atoms with E-state index in [4.69, 9.17) is 10.5 Å². The standard InChI is InChI=1S/C8H19NO/c1-6(10-5)7(9)8(2,3)4/h6-7H,9H2,1-5H3/t6-,7+/m0/s1. The lowest BCUT2D eigenvalue weighted by molar-refractivity contribution is 0.0586. The highest BCUT2D eigenvalue weighted by molar-refractivity contribution is 4.81. The van der Waals surface area contributed by atoms with Gasteiger partial charge >= 0.3 is 0 Å². The number of hydrogen-bond donors (Lipinski definition) is 1. The van der Waals surface area contributed by atoms with Crippen molar-refractivity contribution in [2.24, 2.45) is 11.1 Å². The molecule has 0 bridgehead atoms. The minimum Gasteiger partial charge on any atom is -0.380 e. The number of nitrogens with two attached hydrogens (primary N) is 1. The normalized spacial score (nSPS) is 18.6. The van der Waals surface area contributed by atoms with E-state index in [1.54, 1.807) is 7.11 Å². The van der Waals surface area contributed by atoms with E-state index in [9.17, 15) is 0 Å². The zero-order valence-electron chi connectivity index (χ0n) is 7.64. The van der Waals surface area contributed by atoms with Gasteiger partial charge in [-0.2, -0.15) is 0 Å². The fourth-order valence-electron chi connectivity index (χ4n) is 0.851. The summed E-state index contributed by atoms with van der Waals surface area (Å²) in [5, 5.41) is 0. The molecular formula is C8H19NO. The maximum Gasteiger partial charge on any atom is 0.0699 e. The molecule has 0 spiro atoms. The monoisotopic (exact) mass is 145 g/mol. The van der Waals surface area contributed by atoms with Crippen molar-refractivity contribution in [3.05, 3.63) is 0 Å². The van der Waals surface area contributed by atoms with Gasteiger partial charge in [0.2, 0.25) is 0 Å². The lowest BCUT2D eigenvalue weighted by atomic mass is 9.84. The summed E-state index contributed by atoms with van der Waals surface area (Å²) in [5.41, 5.74) is 6.01. The van der Waals surface area contributed by atoms with E-state index in [-0.39, 0.29) is 17.6 Å². The summed E-state index contributed by atoms with van der Waals surface area (Å²) >= 11 is 0. The van der Waals surface area contributed by atoms with Gasteiger partial charge in [0.25, 0.3) is 0 Å². The Morgan fingerprint density at radius 1 is 1.30 bits per heavy atom. The molecule has 0 aliphatic carbocycles. The van der Waals surface area contributed by atoms with Crippen LogP contribution in [0.25, 0.3) is 0 Å². The molecule has 2 N–H and O–H groups in total. The molecule has 10 heavy (non-hydrogen) atoms. The van der Waals surface area contributed by atoms with E-state index in [0.717, 1.165) is 0 Å². The van der Waals surface area contributed by atoms with E-state index < -0.39 is 0 Å². The first kappa shape index (κ1) is 9.92. The number of methoxy groups -OCH3 is 1. The quantitative estimate of drug-likeness (QED) is 0.637. The van der Waals surface area contributed by atoms with Crippen molar-refractivity contribution in [1.82, 2.24) is 0 Å². The third kappa shape index (κ3) is 2.67. The van der Waals surface area contributed by atoms with Gasteiger partial charge in [0.1, 0.15) is 0 Å². The summed E-state index contributed by atoms with van der Waals surface area (Å²) in [7, 11) is 1.69. The molecule has 0 aliphatic rings. The summed E-state index contributed by atoms with van der Waals surface area (Å²) in [6.45, 7) is 8.35. The summed E-state index contributed by atoms with van der Waals surface area (Å²) in [6, 6.07) is 0.109. The van der Waals surface area contributed by atoms with Crippen LogP contribution < -0.4 is 5.73 Å². The van der Waals surface area contributed by atoms with E-state index in [1.807, 2.05) is 6.92 Å². The largest absolute Gasteiger partial charge is 0.380 e. The van der Waals surface area contributed by atoms with Gasteiger partial charge < -0.3 is 10.5 Å². The van der Waals surface area contributed by atoms with Crippen LogP contribution in [0.1, 0.15) is 27.7 Å². The lowest BCUT2D eigenvalue weighted by Gasteiger charge is -2.31. The molecule has 2 atom stereocenters. The molecule has 0 aromatic rings. The number of ether oxygens (including phenoxy) is 1. The fraction of sp³-hybridized carbons (Fsp3) is 1.00. The second kappa shape index (κ2) is 3.35. The van der Waals surface area contributed by atoms with Crippen LogP contribution in [0.15, 0.2) is 0 Å². The first-order chi connectivity index (χ1) is 4.39. The van der Waals surface area contributed by atoms with E-state index in [0.29, 0.717) is 0 Å². The first-order valence-electron chi connectivity index (χ1n) is 3.68. The molecule has 0 aliphatic heterocycles. The summed E-state index contributed by atoms with van der Waals surface area (Å²) in [5.74, 6) is 0. The van der Waals surface area contributed by atoms with Crippen LogP contribution in [0.2, 0.25) is 0 Å². The molecule has 0 saturated heterocycles. The molecule has 0 aromatic carbocycles. The predicted octanol–water partition coefficient (Wildman–Crippen LogP) is 1.39. The third-order valence-electron chi connectivity index (χ3n) is 1.88. The Kier molecular flexibility index (Phi) is 3.33. The molecule has 0 aromatic heterocycles. The van der Waals surface area contributed by atoms with Crippen molar-refractivity contribution in [2.75, 3.05) is 7.11 Å². The van der Waals surface area contributed by atoms with E-state index in [2.05, 4.69) is 20.8 Å². The first-order valence-corrected chi connectivity index (χ1v) is 3.68. The molecule has 0 saturated carbocycles. The van der Waals surface area contributed by atoms with Crippen LogP contribution in [0.3, 0.4) is 0 Å². The Balaban J connectivity index is 3.94. The number of hydrogen-bond acceptors (Lipinski definition) is 2. The van der Waals surface area contributed by atoms with Gasteiger partial charge in [-0.3, -0.25) is 0 Å². The average molecular weight is 145 g/mol. The Bertz CT molecular complexity index is 95.9. The fourth-order valence-corrected chi connectivity index (χ4v) is 0.851. The van der Waals surface area contributed by atoms with Gasteiger partial charge in [0.15, 0.2) is 0 Å². The highest BCUT2D eigenvalue weighted by Crippen LogP contribution is 2.20. The van der Waals surface area contributed by atoms with Crippen molar-refractivity contribution in [3.63, 3.8) is 0 Å². The summed E-state index contributed by atoms with van der Waals surface area (Å²) < 4.78 is 5.11. The molecule has 2 heteroatoms. The van der Waals surface area contributed by atoms with Gasteiger partial charge in [-0.05, 0) is 12.3 Å². The molecule has 0 unspecified atom stereocenters. The Hall–Kier alpha value is -0.0800. The van der Waals surface area contributed by atoms with Crippen molar-refractivity contribution in [3.8, 4) is 0 Å². The summed E-state index contributed by atoms with van der Waals surface area (Å²) in [6.07, 6.45) is 0.139. The maximum absolute atomic E-state index is 5.88. The molecule has 0 amide bonds. The van der Waals surface area contributed by atoms with Crippen LogP contribution in [0.4, 0.5) is 0 Å². The lowest BCUT2D eigenvalue weighted by Crippen LogP contribution is -2.44. The predicted molar refractivity (Wildman–Crippen MR) is 43.9 cm³/mol. The zero-order valence-corrected chi connectivity index (χ0v) is 7.64. The average Bonchev–Trinajstić information content (AvgIpc) is 1.83. The van der Waals surface area contributed by atoms with Crippen molar-refractivity contribution >= 4 is 0 Å². The summed E-state index contributed by atoms with van der Waals surface area (Å²) in [4.78, 5) is 0. The minimum absolute atomic E-state index is 0.109. The molecule has 0 radical (unpaired) electrons. The Morgan fingerprint density at radius 2 is 1.70 bits per heavy atom. The van der Waals surface area contributed by atoms with Crippen molar-refractivity contribution in [2.45, 2.75) is 39.8 Å². The Labute approximate surface area is 63.7 Å². The minimum atomic E-state index is 0.109. The maximum atomic E-state index is 5.88. The van der Waals surface area contributed by atoms with Gasteiger partial charge in [0, 0.05) is 13.2 Å². The van der Waals surface area contributed by atoms with E-state index in [1.165, 1.54) is 0 Å². The zero-order chi connectivity index (χ0) is 8.36. The second-order valence-corrected chi connectivity index (χ2v) is 3.83. The molecule has 0 heterocycles. The van der Waals surface area contributed by atoms with Crippen LogP contribution in [0, 0.1) is 5.41 Å². The van der Waals surface area contributed by atoms with Gasteiger partial charge in [-0.15, -0.1) is 0 Å². The SMILES string of the molecule is CO[C@@H](C)[C@@H](N)C(C)(C)C. The van der Waals surface area contributed by atoms with Gasteiger partial charge in [-0.1, -0.05) is 20.8 Å². The van der Waals surface area contributed by atoms with Crippen LogP contribution in [0.5, 0.6) is 0 Å². The molecular weight excluding hydrogens is 126 g/mol. The molecule has 2 nitrogen and oxygen atoms in total. The smallest absolute Gasteiger partial charge is 0.0699 e. The molecule has 62 valence electrons. The third-order valence-corrected chi connectivity index (χ3v) is 1.88. The molecule has 0 fully saturated rings. The van der Waals surface area contributed by atoms with Crippen LogP contribution >= 0.6 is 0 Å². The second-order valence-electron chi connectivity index (χ2n) is 3.83. The highest BCUT2D eigenvalue weighted by atomic mass is 16.5. The van der Waals surface area contributed by atoms with Crippen LogP contribution in [-0.4, -0.2) is 19.3 Å². The van der Waals surface area contributed by atoms with Gasteiger partial charge in [-0.25, -0.2) is 0 Å². The molecule has 0 rings (SSSR count). The van der Waals surface area contributed by atoms with E-state index >= 15 is 0 Å².